The van der Waals surface area contributed by atoms with Gasteiger partial charge in [-0.3, -0.25) is 4.68 Å². The van der Waals surface area contributed by atoms with Crippen molar-refractivity contribution in [1.82, 2.24) is 9.78 Å². The highest BCUT2D eigenvalue weighted by Crippen LogP contribution is 2.22. The van der Waals surface area contributed by atoms with E-state index in [4.69, 9.17) is 10.5 Å². The van der Waals surface area contributed by atoms with Crippen LogP contribution in [0.5, 0.6) is 0 Å². The van der Waals surface area contributed by atoms with Crippen LogP contribution in [-0.4, -0.2) is 9.78 Å². The Balaban J connectivity index is 2.03. The zero-order valence-electron chi connectivity index (χ0n) is 9.78. The zero-order valence-corrected chi connectivity index (χ0v) is 10.6. The molecule has 0 amide bonds. The Morgan fingerprint density at radius 2 is 2.28 bits per heavy atom. The molecule has 0 unspecified atom stereocenters. The first-order chi connectivity index (χ1) is 8.83. The Hall–Kier alpha value is -2.11. The van der Waals surface area contributed by atoms with Crippen LogP contribution in [0.25, 0.3) is 10.6 Å². The third-order valence-corrected chi connectivity index (χ3v) is 3.50. The summed E-state index contributed by atoms with van der Waals surface area (Å²) in [5.41, 5.74) is 0.932. The maximum Gasteiger partial charge on any atom is 0.102 e. The third kappa shape index (κ3) is 2.97. The minimum Gasteiger partial charge on any atom is -0.271 e. The molecular weight excluding hydrogens is 244 g/mol. The summed E-state index contributed by atoms with van der Waals surface area (Å²) in [6, 6.07) is 10.2. The molecule has 0 aliphatic carbocycles. The van der Waals surface area contributed by atoms with Crippen LogP contribution < -0.4 is 0 Å². The van der Waals surface area contributed by atoms with E-state index in [1.54, 1.807) is 16.0 Å². The summed E-state index contributed by atoms with van der Waals surface area (Å²) in [7, 11) is 0. The van der Waals surface area contributed by atoms with Crippen LogP contribution in [-0.2, 0) is 6.54 Å². The number of nitrogens with zero attached hydrogens (tertiary/aromatic N) is 4. The van der Waals surface area contributed by atoms with Crippen LogP contribution in [0.4, 0.5) is 0 Å². The van der Waals surface area contributed by atoms with E-state index in [-0.39, 0.29) is 5.92 Å². The van der Waals surface area contributed by atoms with Crippen LogP contribution in [0.1, 0.15) is 12.8 Å². The molecule has 0 radical (unpaired) electrons. The molecule has 0 fully saturated rings. The standard InChI is InChI=1S/C13H12N4S/c14-6-1-3-11(9-15)10-17-7-5-12(16-17)13-4-2-8-18-13/h2,4-5,7-8,11H,1,3,10H2/t11-/m1/s1. The molecule has 0 bridgehead atoms. The molecule has 1 atom stereocenters. The molecule has 18 heavy (non-hydrogen) atoms. The fraction of sp³-hybridized carbons (Fsp3) is 0.308. The molecule has 0 aliphatic rings. The maximum absolute atomic E-state index is 9.01. The molecule has 0 aliphatic heterocycles. The van der Waals surface area contributed by atoms with Gasteiger partial charge in [0, 0.05) is 12.6 Å². The predicted molar refractivity (Wildman–Crippen MR) is 69.5 cm³/mol. The van der Waals surface area contributed by atoms with E-state index in [2.05, 4.69) is 17.2 Å². The normalized spacial score (nSPS) is 11.7. The summed E-state index contributed by atoms with van der Waals surface area (Å²) in [5, 5.41) is 24.0. The van der Waals surface area contributed by atoms with Gasteiger partial charge in [-0.05, 0) is 23.9 Å². The van der Waals surface area contributed by atoms with Crippen molar-refractivity contribution in [1.29, 1.82) is 10.5 Å². The molecule has 0 saturated heterocycles. The van der Waals surface area contributed by atoms with Gasteiger partial charge in [0.25, 0.3) is 0 Å². The van der Waals surface area contributed by atoms with Gasteiger partial charge in [0.05, 0.1) is 29.5 Å². The number of nitriles is 2. The fourth-order valence-corrected chi connectivity index (χ4v) is 2.37. The smallest absolute Gasteiger partial charge is 0.102 e. The van der Waals surface area contributed by atoms with Crippen LogP contribution >= 0.6 is 11.3 Å². The summed E-state index contributed by atoms with van der Waals surface area (Å²) >= 11 is 1.64. The second kappa shape index (κ2) is 6.00. The van der Waals surface area contributed by atoms with Crippen LogP contribution in [0.2, 0.25) is 0 Å². The SMILES string of the molecule is N#CCC[C@H](C#N)Cn1ccc(-c2cccs2)n1. The molecule has 2 rings (SSSR count). The Morgan fingerprint density at radius 3 is 2.94 bits per heavy atom. The lowest BCUT2D eigenvalue weighted by atomic mass is 10.1. The first-order valence-electron chi connectivity index (χ1n) is 5.67. The third-order valence-electron chi connectivity index (χ3n) is 2.61. The van der Waals surface area contributed by atoms with E-state index in [0.717, 1.165) is 10.6 Å². The van der Waals surface area contributed by atoms with E-state index in [9.17, 15) is 0 Å². The molecule has 2 aromatic heterocycles. The Labute approximate surface area is 110 Å². The van der Waals surface area contributed by atoms with Gasteiger partial charge in [0.1, 0.15) is 5.69 Å². The van der Waals surface area contributed by atoms with Crippen molar-refractivity contribution < 1.29 is 0 Å². The molecule has 4 nitrogen and oxygen atoms in total. The summed E-state index contributed by atoms with van der Waals surface area (Å²) in [4.78, 5) is 1.12. The Bertz CT molecular complexity index is 571. The molecule has 90 valence electrons. The van der Waals surface area contributed by atoms with E-state index in [1.807, 2.05) is 29.8 Å². The average Bonchev–Trinajstić information content (AvgIpc) is 3.04. The molecule has 0 N–H and O–H groups in total. The van der Waals surface area contributed by atoms with Crippen LogP contribution in [0.3, 0.4) is 0 Å². The van der Waals surface area contributed by atoms with Crippen molar-refractivity contribution in [3.05, 3.63) is 29.8 Å². The Morgan fingerprint density at radius 1 is 1.39 bits per heavy atom. The van der Waals surface area contributed by atoms with Crippen molar-refractivity contribution in [3.8, 4) is 22.7 Å². The molecule has 5 heteroatoms. The molecule has 0 saturated carbocycles. The number of aromatic nitrogens is 2. The molecule has 0 spiro atoms. The van der Waals surface area contributed by atoms with Crippen molar-refractivity contribution in [2.45, 2.75) is 19.4 Å². The summed E-state index contributed by atoms with van der Waals surface area (Å²) < 4.78 is 1.78. The van der Waals surface area contributed by atoms with Gasteiger partial charge in [-0.15, -0.1) is 11.3 Å². The maximum atomic E-state index is 9.01. The van der Waals surface area contributed by atoms with E-state index < -0.39 is 0 Å². The zero-order chi connectivity index (χ0) is 12.8. The summed E-state index contributed by atoms with van der Waals surface area (Å²) in [6.45, 7) is 0.545. The van der Waals surface area contributed by atoms with Gasteiger partial charge >= 0.3 is 0 Å². The predicted octanol–water partition coefficient (Wildman–Crippen LogP) is 3.06. The lowest BCUT2D eigenvalue weighted by molar-refractivity contribution is 0.477. The van der Waals surface area contributed by atoms with Gasteiger partial charge in [-0.2, -0.15) is 15.6 Å². The highest BCUT2D eigenvalue weighted by Gasteiger charge is 2.10. The van der Waals surface area contributed by atoms with Crippen molar-refractivity contribution in [2.24, 2.45) is 5.92 Å². The van der Waals surface area contributed by atoms with E-state index in [0.29, 0.717) is 19.4 Å². The van der Waals surface area contributed by atoms with Crippen LogP contribution in [0.15, 0.2) is 29.8 Å². The highest BCUT2D eigenvalue weighted by molar-refractivity contribution is 7.13. The second-order valence-electron chi connectivity index (χ2n) is 3.92. The number of rotatable bonds is 5. The van der Waals surface area contributed by atoms with Gasteiger partial charge in [0.15, 0.2) is 0 Å². The topological polar surface area (TPSA) is 65.4 Å². The average molecular weight is 256 g/mol. The first kappa shape index (κ1) is 12.3. The van der Waals surface area contributed by atoms with Gasteiger partial charge < -0.3 is 0 Å². The number of hydrogen-bond acceptors (Lipinski definition) is 4. The lowest BCUT2D eigenvalue weighted by Crippen LogP contribution is -2.09. The first-order valence-corrected chi connectivity index (χ1v) is 6.55. The van der Waals surface area contributed by atoms with Gasteiger partial charge in [-0.1, -0.05) is 6.07 Å². The monoisotopic (exact) mass is 256 g/mol. The fourth-order valence-electron chi connectivity index (χ4n) is 1.68. The largest absolute Gasteiger partial charge is 0.271 e. The summed E-state index contributed by atoms with van der Waals surface area (Å²) in [6.07, 6.45) is 2.89. The molecular formula is C13H12N4S. The quantitative estimate of drug-likeness (QED) is 0.825. The molecule has 2 aromatic rings. The Kier molecular flexibility index (Phi) is 4.11. The number of hydrogen-bond donors (Lipinski definition) is 0. The second-order valence-corrected chi connectivity index (χ2v) is 4.87. The van der Waals surface area contributed by atoms with Gasteiger partial charge in [-0.25, -0.2) is 0 Å². The van der Waals surface area contributed by atoms with Crippen molar-refractivity contribution in [2.75, 3.05) is 0 Å². The lowest BCUT2D eigenvalue weighted by Gasteiger charge is -2.06. The van der Waals surface area contributed by atoms with Crippen molar-refractivity contribution in [3.63, 3.8) is 0 Å². The van der Waals surface area contributed by atoms with Crippen molar-refractivity contribution >= 4 is 11.3 Å². The summed E-state index contributed by atoms with van der Waals surface area (Å²) in [5.74, 6) is -0.152. The minimum atomic E-state index is -0.152. The van der Waals surface area contributed by atoms with Gasteiger partial charge in [0.2, 0.25) is 0 Å². The molecule has 0 aromatic carbocycles. The minimum absolute atomic E-state index is 0.152. The van der Waals surface area contributed by atoms with E-state index >= 15 is 0 Å². The number of thiophene rings is 1. The van der Waals surface area contributed by atoms with Crippen LogP contribution in [0, 0.1) is 28.6 Å². The highest BCUT2D eigenvalue weighted by atomic mass is 32.1. The molecule has 2 heterocycles. The van der Waals surface area contributed by atoms with E-state index in [1.165, 1.54) is 0 Å².